The number of benzene rings is 1. The molecule has 1 saturated heterocycles. The van der Waals surface area contributed by atoms with Gasteiger partial charge in [-0.2, -0.15) is 23.5 Å². The molecule has 0 aliphatic carbocycles. The van der Waals surface area contributed by atoms with Crippen molar-refractivity contribution >= 4 is 23.5 Å². The lowest BCUT2D eigenvalue weighted by Crippen LogP contribution is -2.30. The molecule has 1 heterocycles. The minimum atomic E-state index is 0.461. The summed E-state index contributed by atoms with van der Waals surface area (Å²) in [5.41, 5.74) is 2.89. The van der Waals surface area contributed by atoms with Crippen molar-refractivity contribution in [1.29, 1.82) is 0 Å². The van der Waals surface area contributed by atoms with E-state index in [9.17, 15) is 0 Å². The SMILES string of the molecule is CCCCc1ccc(C(C)NCC2CSCCS2)cc1. The first-order valence-electron chi connectivity index (χ1n) is 7.81. The van der Waals surface area contributed by atoms with Gasteiger partial charge in [-0.1, -0.05) is 37.6 Å². The third-order valence-electron chi connectivity index (χ3n) is 3.84. The molecule has 0 saturated carbocycles. The van der Waals surface area contributed by atoms with E-state index in [0.717, 1.165) is 11.8 Å². The molecule has 1 aliphatic heterocycles. The fourth-order valence-corrected chi connectivity index (χ4v) is 5.06. The highest BCUT2D eigenvalue weighted by molar-refractivity contribution is 8.06. The molecule has 2 atom stereocenters. The van der Waals surface area contributed by atoms with E-state index in [-0.39, 0.29) is 0 Å². The van der Waals surface area contributed by atoms with Gasteiger partial charge in [0, 0.05) is 35.1 Å². The normalized spacial score (nSPS) is 20.8. The second-order valence-corrected chi connectivity index (χ2v) is 8.10. The van der Waals surface area contributed by atoms with Gasteiger partial charge < -0.3 is 5.32 Å². The number of hydrogen-bond donors (Lipinski definition) is 1. The maximum absolute atomic E-state index is 3.70. The summed E-state index contributed by atoms with van der Waals surface area (Å²) in [6.07, 6.45) is 3.79. The number of unbranched alkanes of at least 4 members (excludes halogenated alkanes) is 1. The summed E-state index contributed by atoms with van der Waals surface area (Å²) < 4.78 is 0. The average molecular weight is 310 g/mol. The van der Waals surface area contributed by atoms with E-state index in [0.29, 0.717) is 6.04 Å². The van der Waals surface area contributed by atoms with Gasteiger partial charge in [0.15, 0.2) is 0 Å². The number of thioether (sulfide) groups is 2. The summed E-state index contributed by atoms with van der Waals surface area (Å²) in [7, 11) is 0. The zero-order valence-electron chi connectivity index (χ0n) is 12.7. The van der Waals surface area contributed by atoms with Crippen LogP contribution < -0.4 is 5.32 Å². The topological polar surface area (TPSA) is 12.0 Å². The van der Waals surface area contributed by atoms with Crippen molar-refractivity contribution in [2.75, 3.05) is 23.8 Å². The van der Waals surface area contributed by atoms with Gasteiger partial charge >= 0.3 is 0 Å². The molecule has 2 unspecified atom stereocenters. The van der Waals surface area contributed by atoms with Crippen molar-refractivity contribution in [2.24, 2.45) is 0 Å². The zero-order chi connectivity index (χ0) is 14.2. The van der Waals surface area contributed by atoms with Gasteiger partial charge in [-0.3, -0.25) is 0 Å². The number of hydrogen-bond acceptors (Lipinski definition) is 3. The van der Waals surface area contributed by atoms with Crippen molar-refractivity contribution in [1.82, 2.24) is 5.32 Å². The first-order valence-corrected chi connectivity index (χ1v) is 10.0. The third kappa shape index (κ3) is 5.34. The number of nitrogens with one attached hydrogen (secondary N) is 1. The molecule has 20 heavy (non-hydrogen) atoms. The Kier molecular flexibility index (Phi) is 7.32. The Hall–Kier alpha value is -0.120. The van der Waals surface area contributed by atoms with Crippen LogP contribution in [-0.2, 0) is 6.42 Å². The maximum Gasteiger partial charge on any atom is 0.0292 e. The summed E-state index contributed by atoms with van der Waals surface area (Å²) in [6.45, 7) is 5.67. The Morgan fingerprint density at radius 2 is 2.05 bits per heavy atom. The second-order valence-electron chi connectivity index (χ2n) is 5.54. The van der Waals surface area contributed by atoms with Gasteiger partial charge in [0.2, 0.25) is 0 Å². The van der Waals surface area contributed by atoms with Crippen molar-refractivity contribution in [3.05, 3.63) is 35.4 Å². The van der Waals surface area contributed by atoms with E-state index < -0.39 is 0 Å². The Morgan fingerprint density at radius 3 is 2.70 bits per heavy atom. The molecular formula is C17H27NS2. The van der Waals surface area contributed by atoms with Crippen LogP contribution in [0.2, 0.25) is 0 Å². The molecular weight excluding hydrogens is 282 g/mol. The standard InChI is InChI=1S/C17H27NS2/c1-3-4-5-15-6-8-16(9-7-15)14(2)18-12-17-13-19-10-11-20-17/h6-9,14,17-18H,3-5,10-13H2,1-2H3. The van der Waals surface area contributed by atoms with Crippen molar-refractivity contribution < 1.29 is 0 Å². The molecule has 1 nitrogen and oxygen atoms in total. The van der Waals surface area contributed by atoms with Crippen LogP contribution in [0.25, 0.3) is 0 Å². The first-order chi connectivity index (χ1) is 9.79. The molecule has 3 heteroatoms. The van der Waals surface area contributed by atoms with Crippen LogP contribution in [0.5, 0.6) is 0 Å². The summed E-state index contributed by atoms with van der Waals surface area (Å²) in [5.74, 6) is 3.95. The van der Waals surface area contributed by atoms with E-state index >= 15 is 0 Å². The summed E-state index contributed by atoms with van der Waals surface area (Å²) in [6, 6.07) is 9.65. The van der Waals surface area contributed by atoms with Crippen LogP contribution in [0.3, 0.4) is 0 Å². The lowest BCUT2D eigenvalue weighted by molar-refractivity contribution is 0.577. The summed E-state index contributed by atoms with van der Waals surface area (Å²) in [4.78, 5) is 0. The van der Waals surface area contributed by atoms with Gasteiger partial charge in [0.1, 0.15) is 0 Å². The summed E-state index contributed by atoms with van der Waals surface area (Å²) >= 11 is 4.23. The monoisotopic (exact) mass is 309 g/mol. The molecule has 2 rings (SSSR count). The van der Waals surface area contributed by atoms with Crippen molar-refractivity contribution in [2.45, 2.75) is 44.4 Å². The Morgan fingerprint density at radius 1 is 1.25 bits per heavy atom. The van der Waals surface area contributed by atoms with Gasteiger partial charge in [0.05, 0.1) is 0 Å². The predicted molar refractivity (Wildman–Crippen MR) is 95.0 cm³/mol. The molecule has 1 N–H and O–H groups in total. The van der Waals surface area contributed by atoms with E-state index in [1.807, 2.05) is 0 Å². The van der Waals surface area contributed by atoms with Crippen LogP contribution in [0.4, 0.5) is 0 Å². The Bertz CT molecular complexity index is 371. The minimum absolute atomic E-state index is 0.461. The van der Waals surface area contributed by atoms with Gasteiger partial charge in [-0.15, -0.1) is 0 Å². The predicted octanol–water partition coefficient (Wildman–Crippen LogP) is 4.53. The number of rotatable bonds is 7. The van der Waals surface area contributed by atoms with Crippen LogP contribution in [-0.4, -0.2) is 29.1 Å². The molecule has 0 bridgehead atoms. The molecule has 0 aromatic heterocycles. The molecule has 1 fully saturated rings. The first kappa shape index (κ1) is 16.3. The van der Waals surface area contributed by atoms with Crippen LogP contribution in [0.1, 0.15) is 43.9 Å². The van der Waals surface area contributed by atoms with E-state index in [1.54, 1.807) is 0 Å². The molecule has 1 aromatic rings. The molecule has 0 spiro atoms. The van der Waals surface area contributed by atoms with Crippen molar-refractivity contribution in [3.63, 3.8) is 0 Å². The van der Waals surface area contributed by atoms with Crippen LogP contribution in [0.15, 0.2) is 24.3 Å². The van der Waals surface area contributed by atoms with E-state index in [4.69, 9.17) is 0 Å². The Labute approximate surface area is 132 Å². The van der Waals surface area contributed by atoms with Gasteiger partial charge in [-0.05, 0) is 30.9 Å². The fraction of sp³-hybridized carbons (Fsp3) is 0.647. The number of aryl methyl sites for hydroxylation is 1. The highest BCUT2D eigenvalue weighted by Crippen LogP contribution is 2.24. The highest BCUT2D eigenvalue weighted by atomic mass is 32.2. The zero-order valence-corrected chi connectivity index (χ0v) is 14.4. The lowest BCUT2D eigenvalue weighted by atomic mass is 10.0. The van der Waals surface area contributed by atoms with Gasteiger partial charge in [-0.25, -0.2) is 0 Å². The minimum Gasteiger partial charge on any atom is -0.309 e. The molecule has 1 aromatic carbocycles. The fourth-order valence-electron chi connectivity index (χ4n) is 2.43. The second kappa shape index (κ2) is 9.01. The third-order valence-corrected chi connectivity index (χ3v) is 6.68. The molecule has 0 amide bonds. The quantitative estimate of drug-likeness (QED) is 0.795. The smallest absolute Gasteiger partial charge is 0.0292 e. The Balaban J connectivity index is 1.77. The van der Waals surface area contributed by atoms with Crippen molar-refractivity contribution in [3.8, 4) is 0 Å². The average Bonchev–Trinajstić information content (AvgIpc) is 2.52. The van der Waals surface area contributed by atoms with E-state index in [2.05, 4.69) is 67.0 Å². The molecule has 112 valence electrons. The summed E-state index contributed by atoms with van der Waals surface area (Å²) in [5, 5.41) is 4.49. The largest absolute Gasteiger partial charge is 0.309 e. The van der Waals surface area contributed by atoms with Gasteiger partial charge in [0.25, 0.3) is 0 Å². The maximum atomic E-state index is 3.70. The highest BCUT2D eigenvalue weighted by Gasteiger charge is 2.15. The molecule has 0 radical (unpaired) electrons. The van der Waals surface area contributed by atoms with E-state index in [1.165, 1.54) is 47.6 Å². The molecule has 1 aliphatic rings. The van der Waals surface area contributed by atoms with Crippen LogP contribution in [0, 0.1) is 0 Å². The lowest BCUT2D eigenvalue weighted by Gasteiger charge is -2.23. The van der Waals surface area contributed by atoms with Crippen LogP contribution >= 0.6 is 23.5 Å².